The first-order valence-electron chi connectivity index (χ1n) is 11.6. The maximum atomic E-state index is 11.0. The summed E-state index contributed by atoms with van der Waals surface area (Å²) in [6.45, 7) is 0. The van der Waals surface area contributed by atoms with Gasteiger partial charge in [0.15, 0.2) is 0 Å². The third kappa shape index (κ3) is 11.0. The summed E-state index contributed by atoms with van der Waals surface area (Å²) in [6.07, 6.45) is 13.6. The van der Waals surface area contributed by atoms with E-state index in [1.54, 1.807) is 28.2 Å². The Labute approximate surface area is 224 Å². The van der Waals surface area contributed by atoms with Crippen molar-refractivity contribution in [3.63, 3.8) is 0 Å². The van der Waals surface area contributed by atoms with Gasteiger partial charge in [0, 0.05) is 86.2 Å². The predicted molar refractivity (Wildman–Crippen MR) is 138 cm³/mol. The molecule has 1 aromatic carbocycles. The molecule has 0 spiro atoms. The van der Waals surface area contributed by atoms with Gasteiger partial charge in [-0.15, -0.1) is 0 Å². The van der Waals surface area contributed by atoms with Gasteiger partial charge in [-0.1, -0.05) is 44.3 Å². The Hall–Kier alpha value is -1.50. The molecule has 1 fully saturated rings. The fraction of sp³-hybridized carbons (Fsp3) is 0.615. The Morgan fingerprint density at radius 1 is 0.697 bits per heavy atom. The molecule has 0 N–H and O–H groups in total. The van der Waals surface area contributed by atoms with E-state index in [9.17, 15) is 9.59 Å². The molecular weight excluding hydrogens is 423 g/mol. The summed E-state index contributed by atoms with van der Waals surface area (Å²) in [5, 5.41) is 0. The van der Waals surface area contributed by atoms with E-state index in [0.29, 0.717) is 12.8 Å². The van der Waals surface area contributed by atoms with Crippen molar-refractivity contribution in [1.29, 1.82) is 0 Å². The summed E-state index contributed by atoms with van der Waals surface area (Å²) in [5.41, 5.74) is 5.47. The molecule has 0 aliphatic heterocycles. The largest absolute Gasteiger partial charge is 1.00 e. The monoisotopic (exact) mass is 467 g/mol. The molecule has 0 unspecified atom stereocenters. The molecule has 0 aromatic heterocycles. The van der Waals surface area contributed by atoms with Crippen molar-refractivity contribution >= 4 is 29.3 Å². The molecule has 180 valence electrons. The molecule has 0 heterocycles. The van der Waals surface area contributed by atoms with Gasteiger partial charge < -0.3 is 19.6 Å². The van der Waals surface area contributed by atoms with Crippen LogP contribution in [-0.4, -0.2) is 78.0 Å². The normalized spacial score (nSPS) is 12.8. The molecule has 0 atom stereocenters. The molecule has 3 rings (SSSR count). The summed E-state index contributed by atoms with van der Waals surface area (Å²) in [4.78, 5) is 29.4. The zero-order chi connectivity index (χ0) is 24.3. The van der Waals surface area contributed by atoms with Crippen molar-refractivity contribution in [1.82, 2.24) is 9.80 Å². The smallest absolute Gasteiger partial charge is 0.377 e. The Bertz CT molecular complexity index is 742. The van der Waals surface area contributed by atoms with Crippen LogP contribution in [0.15, 0.2) is 18.2 Å². The first-order chi connectivity index (χ1) is 15.1. The SMILES string of the molecule is C1CCCC1.CN(C)C(=O)CCC(=O)N(C)C.CN(C)c1ccc(N(C)C)c2c1C=CC2.[Na+]. The van der Waals surface area contributed by atoms with Crippen molar-refractivity contribution in [3.8, 4) is 0 Å². The Kier molecular flexibility index (Phi) is 15.4. The standard InChI is InChI=1S/C13H18N2.C8H16N2O2.C5H10.Na/c1-14(2)12-8-9-13(15(3)4)11-7-5-6-10(11)12;1-9(2)7(11)5-6-8(12)10(3)4;1-2-4-5-3-1;/h5-6,8-9H,7H2,1-4H3;5-6H2,1-4H3;1-5H2;/q;;;+1. The third-order valence-corrected chi connectivity index (χ3v) is 5.68. The van der Waals surface area contributed by atoms with Crippen LogP contribution < -0.4 is 39.4 Å². The van der Waals surface area contributed by atoms with Crippen LogP contribution in [0.5, 0.6) is 0 Å². The maximum absolute atomic E-state index is 11.0. The van der Waals surface area contributed by atoms with Gasteiger partial charge in [0.05, 0.1) is 0 Å². The number of allylic oxidation sites excluding steroid dienone is 1. The molecule has 2 aliphatic carbocycles. The van der Waals surface area contributed by atoms with Crippen LogP contribution in [0.2, 0.25) is 0 Å². The van der Waals surface area contributed by atoms with E-state index in [0.717, 1.165) is 6.42 Å². The third-order valence-electron chi connectivity index (χ3n) is 5.68. The van der Waals surface area contributed by atoms with E-state index in [1.807, 2.05) is 0 Å². The van der Waals surface area contributed by atoms with Crippen molar-refractivity contribution in [2.24, 2.45) is 0 Å². The second-order valence-corrected chi connectivity index (χ2v) is 9.24. The van der Waals surface area contributed by atoms with E-state index in [4.69, 9.17) is 0 Å². The number of anilines is 2. The van der Waals surface area contributed by atoms with E-state index in [-0.39, 0.29) is 41.4 Å². The first-order valence-corrected chi connectivity index (χ1v) is 11.6. The number of hydrogen-bond donors (Lipinski definition) is 0. The molecule has 6 nitrogen and oxygen atoms in total. The van der Waals surface area contributed by atoms with Crippen LogP contribution in [0.4, 0.5) is 11.4 Å². The molecule has 0 radical (unpaired) electrons. The van der Waals surface area contributed by atoms with Crippen LogP contribution in [0.3, 0.4) is 0 Å². The summed E-state index contributed by atoms with van der Waals surface area (Å²) >= 11 is 0. The average Bonchev–Trinajstić information content (AvgIpc) is 3.45. The molecule has 2 amide bonds. The van der Waals surface area contributed by atoms with Gasteiger partial charge in [0.25, 0.3) is 0 Å². The summed E-state index contributed by atoms with van der Waals surface area (Å²) < 4.78 is 0. The van der Waals surface area contributed by atoms with Crippen molar-refractivity contribution in [2.75, 3.05) is 66.2 Å². The van der Waals surface area contributed by atoms with Crippen molar-refractivity contribution in [3.05, 3.63) is 29.3 Å². The Morgan fingerprint density at radius 3 is 1.45 bits per heavy atom. The number of amides is 2. The van der Waals surface area contributed by atoms with Crippen molar-refractivity contribution < 1.29 is 39.1 Å². The second kappa shape index (κ2) is 16.2. The van der Waals surface area contributed by atoms with E-state index >= 15 is 0 Å². The molecule has 2 aliphatic rings. The average molecular weight is 468 g/mol. The number of carbonyl (C=O) groups is 2. The molecule has 0 bridgehead atoms. The van der Waals surface area contributed by atoms with Gasteiger partial charge in [-0.3, -0.25) is 9.59 Å². The number of carbonyl (C=O) groups excluding carboxylic acids is 2. The number of hydrogen-bond acceptors (Lipinski definition) is 4. The minimum absolute atomic E-state index is 0. The van der Waals surface area contributed by atoms with Crippen LogP contribution in [0, 0.1) is 0 Å². The molecular formula is C26H44N4NaO2+. The molecule has 1 aromatic rings. The van der Waals surface area contributed by atoms with Crippen molar-refractivity contribution in [2.45, 2.75) is 51.4 Å². The molecule has 0 saturated heterocycles. The van der Waals surface area contributed by atoms with E-state index in [2.05, 4.69) is 62.3 Å². The van der Waals surface area contributed by atoms with Gasteiger partial charge >= 0.3 is 29.6 Å². The zero-order valence-corrected chi connectivity index (χ0v) is 24.6. The number of rotatable bonds is 5. The van der Waals surface area contributed by atoms with E-state index < -0.39 is 0 Å². The van der Waals surface area contributed by atoms with Gasteiger partial charge in [-0.25, -0.2) is 0 Å². The Morgan fingerprint density at radius 2 is 1.09 bits per heavy atom. The quantitative estimate of drug-likeness (QED) is 0.613. The Balaban J connectivity index is 0.000000509. The first kappa shape index (κ1) is 31.5. The van der Waals surface area contributed by atoms with Crippen LogP contribution in [-0.2, 0) is 16.0 Å². The second-order valence-electron chi connectivity index (χ2n) is 9.24. The molecule has 7 heteroatoms. The fourth-order valence-electron chi connectivity index (χ4n) is 3.69. The van der Waals surface area contributed by atoms with Gasteiger partial charge in [-0.2, -0.15) is 0 Å². The van der Waals surface area contributed by atoms with Gasteiger partial charge in [0.1, 0.15) is 0 Å². The summed E-state index contributed by atoms with van der Waals surface area (Å²) in [7, 11) is 15.1. The summed E-state index contributed by atoms with van der Waals surface area (Å²) in [5.74, 6) is -0.0181. The topological polar surface area (TPSA) is 47.1 Å². The van der Waals surface area contributed by atoms with E-state index in [1.165, 1.54) is 64.4 Å². The number of fused-ring (bicyclic) bond motifs is 1. The number of benzene rings is 1. The summed E-state index contributed by atoms with van der Waals surface area (Å²) in [6, 6.07) is 4.41. The zero-order valence-electron chi connectivity index (χ0n) is 22.6. The van der Waals surface area contributed by atoms with Crippen LogP contribution in [0.25, 0.3) is 6.08 Å². The predicted octanol–water partition coefficient (Wildman–Crippen LogP) is 1.29. The number of nitrogens with zero attached hydrogens (tertiary/aromatic N) is 4. The van der Waals surface area contributed by atoms with Gasteiger partial charge in [0.2, 0.25) is 11.8 Å². The maximum Gasteiger partial charge on any atom is 1.00 e. The van der Waals surface area contributed by atoms with Crippen LogP contribution in [0.1, 0.15) is 56.1 Å². The van der Waals surface area contributed by atoms with Crippen LogP contribution >= 0.6 is 0 Å². The minimum Gasteiger partial charge on any atom is -0.377 e. The molecule has 33 heavy (non-hydrogen) atoms. The van der Waals surface area contributed by atoms with Gasteiger partial charge in [-0.05, 0) is 24.1 Å². The fourth-order valence-corrected chi connectivity index (χ4v) is 3.69. The molecule has 1 saturated carbocycles. The minimum atomic E-state index is -0.00907.